The van der Waals surface area contributed by atoms with E-state index in [9.17, 15) is 4.79 Å². The summed E-state index contributed by atoms with van der Waals surface area (Å²) in [5, 5.41) is 0. The number of hydrogen-bond donors (Lipinski definition) is 0. The molecule has 0 aliphatic carbocycles. The summed E-state index contributed by atoms with van der Waals surface area (Å²) in [5.74, 6) is 0.660. The van der Waals surface area contributed by atoms with Crippen molar-refractivity contribution in [3.05, 3.63) is 63.9 Å². The normalized spacial score (nSPS) is 16.4. The fourth-order valence-corrected chi connectivity index (χ4v) is 2.50. The van der Waals surface area contributed by atoms with E-state index >= 15 is 0 Å². The Morgan fingerprint density at radius 3 is 3.00 bits per heavy atom. The quantitative estimate of drug-likeness (QED) is 0.745. The number of carbonyl (C=O) groups is 1. The van der Waals surface area contributed by atoms with Gasteiger partial charge in [0.1, 0.15) is 5.75 Å². The van der Waals surface area contributed by atoms with Crippen LogP contribution < -0.4 is 4.74 Å². The molecule has 0 spiro atoms. The second-order valence-electron chi connectivity index (χ2n) is 4.52. The number of rotatable bonds is 1. The Kier molecular flexibility index (Phi) is 3.65. The highest BCUT2D eigenvalue weighted by atomic mass is 79.9. The SMILES string of the molecule is O=C1/C(=C\c2cccnc2)CCOc2cc(Br)ccc21. The first-order valence-electron chi connectivity index (χ1n) is 6.32. The minimum absolute atomic E-state index is 0.0221. The second kappa shape index (κ2) is 5.59. The zero-order valence-corrected chi connectivity index (χ0v) is 12.3. The number of carbonyl (C=O) groups excluding carboxylic acids is 1. The van der Waals surface area contributed by atoms with E-state index in [2.05, 4.69) is 20.9 Å². The van der Waals surface area contributed by atoms with Gasteiger partial charge in [-0.1, -0.05) is 22.0 Å². The highest BCUT2D eigenvalue weighted by Crippen LogP contribution is 2.30. The predicted octanol–water partition coefficient (Wildman–Crippen LogP) is 3.89. The number of halogens is 1. The second-order valence-corrected chi connectivity index (χ2v) is 5.44. The Morgan fingerprint density at radius 2 is 2.20 bits per heavy atom. The first-order valence-corrected chi connectivity index (χ1v) is 7.11. The number of hydrogen-bond acceptors (Lipinski definition) is 3. The molecular formula is C16H12BrNO2. The molecule has 100 valence electrons. The van der Waals surface area contributed by atoms with Gasteiger partial charge in [-0.15, -0.1) is 0 Å². The Balaban J connectivity index is 2.01. The number of ether oxygens (including phenoxy) is 1. The molecule has 0 saturated carbocycles. The van der Waals surface area contributed by atoms with Gasteiger partial charge in [-0.05, 0) is 35.9 Å². The molecule has 1 aliphatic heterocycles. The topological polar surface area (TPSA) is 39.2 Å². The van der Waals surface area contributed by atoms with Gasteiger partial charge in [0, 0.05) is 28.9 Å². The van der Waals surface area contributed by atoms with E-state index in [1.165, 1.54) is 0 Å². The van der Waals surface area contributed by atoms with Crippen LogP contribution in [0.15, 0.2) is 52.8 Å². The zero-order chi connectivity index (χ0) is 13.9. The monoisotopic (exact) mass is 329 g/mol. The maximum Gasteiger partial charge on any atom is 0.192 e. The Hall–Kier alpha value is -1.94. The van der Waals surface area contributed by atoms with Gasteiger partial charge in [0.15, 0.2) is 5.78 Å². The average Bonchev–Trinajstić information content (AvgIpc) is 2.60. The molecule has 0 radical (unpaired) electrons. The number of pyridine rings is 1. The lowest BCUT2D eigenvalue weighted by atomic mass is 9.99. The van der Waals surface area contributed by atoms with Gasteiger partial charge < -0.3 is 4.74 Å². The summed E-state index contributed by atoms with van der Waals surface area (Å²) in [7, 11) is 0. The van der Waals surface area contributed by atoms with E-state index in [0.29, 0.717) is 24.3 Å². The molecule has 3 nitrogen and oxygen atoms in total. The molecule has 0 N–H and O–H groups in total. The number of Topliss-reactive ketones (excluding diaryl/α,β-unsaturated/α-hetero) is 1. The van der Waals surface area contributed by atoms with E-state index in [1.54, 1.807) is 18.5 Å². The Morgan fingerprint density at radius 1 is 1.30 bits per heavy atom. The lowest BCUT2D eigenvalue weighted by Gasteiger charge is -2.05. The molecule has 20 heavy (non-hydrogen) atoms. The first-order chi connectivity index (χ1) is 9.74. The average molecular weight is 330 g/mol. The van der Waals surface area contributed by atoms with E-state index in [1.807, 2.05) is 30.3 Å². The van der Waals surface area contributed by atoms with Gasteiger partial charge in [0.2, 0.25) is 0 Å². The van der Waals surface area contributed by atoms with Crippen LogP contribution in [0, 0.1) is 0 Å². The smallest absolute Gasteiger partial charge is 0.192 e. The first kappa shape index (κ1) is 13.1. The number of aromatic nitrogens is 1. The largest absolute Gasteiger partial charge is 0.492 e. The van der Waals surface area contributed by atoms with Crippen molar-refractivity contribution in [2.45, 2.75) is 6.42 Å². The molecule has 4 heteroatoms. The van der Waals surface area contributed by atoms with Crippen LogP contribution in [0.5, 0.6) is 5.75 Å². The van der Waals surface area contributed by atoms with Crippen molar-refractivity contribution in [3.8, 4) is 5.75 Å². The molecule has 0 fully saturated rings. The van der Waals surface area contributed by atoms with Gasteiger partial charge >= 0.3 is 0 Å². The van der Waals surface area contributed by atoms with Crippen molar-refractivity contribution in [3.63, 3.8) is 0 Å². The summed E-state index contributed by atoms with van der Waals surface area (Å²) in [4.78, 5) is 16.6. The van der Waals surface area contributed by atoms with Gasteiger partial charge in [-0.25, -0.2) is 0 Å². The molecule has 0 atom stereocenters. The van der Waals surface area contributed by atoms with E-state index in [-0.39, 0.29) is 5.78 Å². The van der Waals surface area contributed by atoms with Crippen LogP contribution in [0.4, 0.5) is 0 Å². The minimum atomic E-state index is 0.0221. The van der Waals surface area contributed by atoms with Crippen molar-refractivity contribution in [2.75, 3.05) is 6.61 Å². The highest BCUT2D eigenvalue weighted by molar-refractivity contribution is 9.10. The van der Waals surface area contributed by atoms with Crippen molar-refractivity contribution >= 4 is 27.8 Å². The predicted molar refractivity (Wildman–Crippen MR) is 80.8 cm³/mol. The molecule has 1 aromatic carbocycles. The van der Waals surface area contributed by atoms with Gasteiger partial charge in [0.05, 0.1) is 12.2 Å². The van der Waals surface area contributed by atoms with Crippen LogP contribution in [-0.4, -0.2) is 17.4 Å². The number of nitrogens with zero attached hydrogens (tertiary/aromatic N) is 1. The number of benzene rings is 1. The van der Waals surface area contributed by atoms with Crippen LogP contribution >= 0.6 is 15.9 Å². The summed E-state index contributed by atoms with van der Waals surface area (Å²) in [5.41, 5.74) is 2.29. The van der Waals surface area contributed by atoms with E-state index in [0.717, 1.165) is 15.6 Å². The maximum absolute atomic E-state index is 12.6. The molecule has 2 heterocycles. The van der Waals surface area contributed by atoms with Gasteiger partial charge in [-0.2, -0.15) is 0 Å². The standard InChI is InChI=1S/C16H12BrNO2/c17-13-3-4-14-15(9-13)20-7-5-12(16(14)19)8-11-2-1-6-18-10-11/h1-4,6,8-10H,5,7H2/b12-8-. The maximum atomic E-state index is 12.6. The lowest BCUT2D eigenvalue weighted by Crippen LogP contribution is -2.02. The molecule has 0 amide bonds. The summed E-state index contributed by atoms with van der Waals surface area (Å²) in [6.45, 7) is 0.501. The molecule has 0 saturated heterocycles. The van der Waals surface area contributed by atoms with Crippen LogP contribution in [-0.2, 0) is 0 Å². The number of ketones is 1. The van der Waals surface area contributed by atoms with Crippen molar-refractivity contribution < 1.29 is 9.53 Å². The lowest BCUT2D eigenvalue weighted by molar-refractivity contribution is 0.103. The van der Waals surface area contributed by atoms with E-state index < -0.39 is 0 Å². The summed E-state index contributed by atoms with van der Waals surface area (Å²) < 4.78 is 6.57. The van der Waals surface area contributed by atoms with Crippen molar-refractivity contribution in [1.29, 1.82) is 0 Å². The molecule has 1 aromatic heterocycles. The van der Waals surface area contributed by atoms with Crippen LogP contribution in [0.2, 0.25) is 0 Å². The summed E-state index contributed by atoms with van der Waals surface area (Å²) >= 11 is 3.39. The highest BCUT2D eigenvalue weighted by Gasteiger charge is 2.21. The Labute approximate surface area is 125 Å². The third-order valence-electron chi connectivity index (χ3n) is 3.13. The van der Waals surface area contributed by atoms with E-state index in [4.69, 9.17) is 4.74 Å². The Bertz CT molecular complexity index is 680. The molecule has 1 aliphatic rings. The van der Waals surface area contributed by atoms with Crippen LogP contribution in [0.3, 0.4) is 0 Å². The fourth-order valence-electron chi connectivity index (χ4n) is 2.16. The molecule has 0 unspecified atom stereocenters. The minimum Gasteiger partial charge on any atom is -0.492 e. The third-order valence-corrected chi connectivity index (χ3v) is 3.63. The molecule has 0 bridgehead atoms. The molecule has 2 aromatic rings. The molecule has 3 rings (SSSR count). The summed E-state index contributed by atoms with van der Waals surface area (Å²) in [6, 6.07) is 9.27. The van der Waals surface area contributed by atoms with Crippen molar-refractivity contribution in [1.82, 2.24) is 4.98 Å². The summed E-state index contributed by atoms with van der Waals surface area (Å²) in [6.07, 6.45) is 5.94. The zero-order valence-electron chi connectivity index (χ0n) is 10.7. The van der Waals surface area contributed by atoms with Crippen molar-refractivity contribution in [2.24, 2.45) is 0 Å². The van der Waals surface area contributed by atoms with Gasteiger partial charge in [-0.3, -0.25) is 9.78 Å². The third kappa shape index (κ3) is 2.65. The molecular weight excluding hydrogens is 318 g/mol. The number of fused-ring (bicyclic) bond motifs is 1. The van der Waals surface area contributed by atoms with Gasteiger partial charge in [0.25, 0.3) is 0 Å². The van der Waals surface area contributed by atoms with Crippen LogP contribution in [0.1, 0.15) is 22.3 Å². The fraction of sp³-hybridized carbons (Fsp3) is 0.125. The van der Waals surface area contributed by atoms with Crippen LogP contribution in [0.25, 0.3) is 6.08 Å².